The molecule has 0 aliphatic carbocycles. The summed E-state index contributed by atoms with van der Waals surface area (Å²) >= 11 is 1.15. The SMILES string of the molecule is Cc1nsc(NCC2COCCO2)c1C(=O)O. The maximum Gasteiger partial charge on any atom is 0.340 e. The van der Waals surface area contributed by atoms with Gasteiger partial charge in [0, 0.05) is 6.54 Å². The predicted molar refractivity (Wildman–Crippen MR) is 62.9 cm³/mol. The van der Waals surface area contributed by atoms with E-state index in [9.17, 15) is 4.79 Å². The van der Waals surface area contributed by atoms with Crippen LogP contribution in [0.1, 0.15) is 16.1 Å². The third-order valence-corrected chi connectivity index (χ3v) is 3.35. The number of aryl methyl sites for hydroxylation is 1. The number of aromatic carboxylic acids is 1. The highest BCUT2D eigenvalue weighted by Crippen LogP contribution is 2.24. The molecular weight excluding hydrogens is 244 g/mol. The Hall–Kier alpha value is -1.18. The third-order valence-electron chi connectivity index (χ3n) is 2.45. The molecule has 0 aromatic carbocycles. The average Bonchev–Trinajstić information content (AvgIpc) is 2.69. The van der Waals surface area contributed by atoms with Gasteiger partial charge in [-0.05, 0) is 18.5 Å². The fourth-order valence-corrected chi connectivity index (χ4v) is 2.40. The van der Waals surface area contributed by atoms with Crippen LogP contribution in [0.15, 0.2) is 0 Å². The Morgan fingerprint density at radius 2 is 2.47 bits per heavy atom. The molecule has 1 aliphatic rings. The number of aromatic nitrogens is 1. The molecule has 1 aromatic heterocycles. The monoisotopic (exact) mass is 258 g/mol. The second kappa shape index (κ2) is 5.44. The number of hydrogen-bond donors (Lipinski definition) is 2. The van der Waals surface area contributed by atoms with E-state index in [1.807, 2.05) is 0 Å². The van der Waals surface area contributed by atoms with Crippen LogP contribution in [-0.2, 0) is 9.47 Å². The van der Waals surface area contributed by atoms with Crippen LogP contribution in [0.3, 0.4) is 0 Å². The van der Waals surface area contributed by atoms with Crippen molar-refractivity contribution in [3.05, 3.63) is 11.3 Å². The molecule has 17 heavy (non-hydrogen) atoms. The molecule has 1 unspecified atom stereocenters. The predicted octanol–water partition coefficient (Wildman–Crippen LogP) is 0.977. The maximum atomic E-state index is 11.0. The van der Waals surface area contributed by atoms with E-state index in [1.54, 1.807) is 6.92 Å². The van der Waals surface area contributed by atoms with Crippen molar-refractivity contribution in [1.82, 2.24) is 4.37 Å². The summed E-state index contributed by atoms with van der Waals surface area (Å²) in [4.78, 5) is 11.0. The zero-order chi connectivity index (χ0) is 12.3. The minimum atomic E-state index is -0.959. The lowest BCUT2D eigenvalue weighted by Gasteiger charge is -2.23. The third kappa shape index (κ3) is 2.93. The summed E-state index contributed by atoms with van der Waals surface area (Å²) in [6, 6.07) is 0. The van der Waals surface area contributed by atoms with Crippen molar-refractivity contribution in [3.8, 4) is 0 Å². The summed E-state index contributed by atoms with van der Waals surface area (Å²) in [7, 11) is 0. The van der Waals surface area contributed by atoms with Crippen LogP contribution in [0.5, 0.6) is 0 Å². The lowest BCUT2D eigenvalue weighted by atomic mass is 10.2. The standard InChI is InChI=1S/C10H14N2O4S/c1-6-8(10(13)14)9(17-12-6)11-4-7-5-15-2-3-16-7/h7,11H,2-5H2,1H3,(H,13,14). The molecule has 0 bridgehead atoms. The van der Waals surface area contributed by atoms with Gasteiger partial charge in [-0.2, -0.15) is 4.37 Å². The van der Waals surface area contributed by atoms with E-state index in [1.165, 1.54) is 0 Å². The zero-order valence-corrected chi connectivity index (χ0v) is 10.2. The Morgan fingerprint density at radius 1 is 1.65 bits per heavy atom. The van der Waals surface area contributed by atoms with Crippen LogP contribution in [0.4, 0.5) is 5.00 Å². The Kier molecular flexibility index (Phi) is 3.93. The van der Waals surface area contributed by atoms with E-state index in [4.69, 9.17) is 14.6 Å². The molecule has 6 nitrogen and oxygen atoms in total. The minimum Gasteiger partial charge on any atom is -0.478 e. The van der Waals surface area contributed by atoms with Gasteiger partial charge in [0.2, 0.25) is 0 Å². The van der Waals surface area contributed by atoms with Gasteiger partial charge in [-0.25, -0.2) is 4.79 Å². The molecule has 1 atom stereocenters. The van der Waals surface area contributed by atoms with Crippen LogP contribution in [0.2, 0.25) is 0 Å². The van der Waals surface area contributed by atoms with E-state index < -0.39 is 5.97 Å². The van der Waals surface area contributed by atoms with Crippen molar-refractivity contribution < 1.29 is 19.4 Å². The van der Waals surface area contributed by atoms with Gasteiger partial charge in [0.15, 0.2) is 0 Å². The van der Waals surface area contributed by atoms with Gasteiger partial charge in [-0.15, -0.1) is 0 Å². The van der Waals surface area contributed by atoms with Gasteiger partial charge in [0.05, 0.1) is 31.6 Å². The smallest absolute Gasteiger partial charge is 0.340 e. The fourth-order valence-electron chi connectivity index (χ4n) is 1.60. The highest BCUT2D eigenvalue weighted by molar-refractivity contribution is 7.10. The summed E-state index contributed by atoms with van der Waals surface area (Å²) in [5, 5.41) is 12.7. The van der Waals surface area contributed by atoms with E-state index in [0.29, 0.717) is 37.1 Å². The molecule has 1 aromatic rings. The molecule has 1 aliphatic heterocycles. The molecule has 1 saturated heterocycles. The van der Waals surface area contributed by atoms with Crippen LogP contribution in [-0.4, -0.2) is 47.9 Å². The highest BCUT2D eigenvalue weighted by Gasteiger charge is 2.19. The molecule has 7 heteroatoms. The van der Waals surface area contributed by atoms with Crippen molar-refractivity contribution in [2.75, 3.05) is 31.7 Å². The van der Waals surface area contributed by atoms with Crippen molar-refractivity contribution in [2.24, 2.45) is 0 Å². The number of carboxylic acid groups (broad SMARTS) is 1. The molecule has 2 N–H and O–H groups in total. The minimum absolute atomic E-state index is 0.0344. The van der Waals surface area contributed by atoms with Crippen molar-refractivity contribution in [1.29, 1.82) is 0 Å². The van der Waals surface area contributed by atoms with Crippen molar-refractivity contribution >= 4 is 22.5 Å². The van der Waals surface area contributed by atoms with Crippen LogP contribution < -0.4 is 5.32 Å². The molecule has 94 valence electrons. The number of anilines is 1. The van der Waals surface area contributed by atoms with Gasteiger partial charge in [0.25, 0.3) is 0 Å². The summed E-state index contributed by atoms with van der Waals surface area (Å²) < 4.78 is 14.7. The van der Waals surface area contributed by atoms with Crippen LogP contribution in [0, 0.1) is 6.92 Å². The summed E-state index contributed by atoms with van der Waals surface area (Å²) in [5.41, 5.74) is 0.776. The molecule has 0 amide bonds. The number of hydrogen-bond acceptors (Lipinski definition) is 6. The van der Waals surface area contributed by atoms with Gasteiger partial charge in [0.1, 0.15) is 10.6 Å². The first-order chi connectivity index (χ1) is 8.18. The quantitative estimate of drug-likeness (QED) is 0.838. The Labute approximate surface area is 103 Å². The second-order valence-electron chi connectivity index (χ2n) is 3.73. The van der Waals surface area contributed by atoms with Crippen molar-refractivity contribution in [3.63, 3.8) is 0 Å². The topological polar surface area (TPSA) is 80.7 Å². The fraction of sp³-hybridized carbons (Fsp3) is 0.600. The normalized spacial score (nSPS) is 20.2. The summed E-state index contributed by atoms with van der Waals surface area (Å²) in [6.45, 7) is 3.96. The average molecular weight is 258 g/mol. The molecule has 0 spiro atoms. The number of carbonyl (C=O) groups is 1. The Morgan fingerprint density at radius 3 is 3.12 bits per heavy atom. The lowest BCUT2D eigenvalue weighted by molar-refractivity contribution is -0.0818. The Balaban J connectivity index is 1.96. The molecule has 0 radical (unpaired) electrons. The number of nitrogens with zero attached hydrogens (tertiary/aromatic N) is 1. The van der Waals surface area contributed by atoms with Gasteiger partial charge in [-0.3, -0.25) is 0 Å². The highest BCUT2D eigenvalue weighted by atomic mass is 32.1. The van der Waals surface area contributed by atoms with Gasteiger partial charge >= 0.3 is 5.97 Å². The molecule has 2 heterocycles. The largest absolute Gasteiger partial charge is 0.478 e. The second-order valence-corrected chi connectivity index (χ2v) is 4.50. The molecule has 0 saturated carbocycles. The zero-order valence-electron chi connectivity index (χ0n) is 9.43. The molecule has 1 fully saturated rings. The van der Waals surface area contributed by atoms with Crippen LogP contribution in [0.25, 0.3) is 0 Å². The van der Waals surface area contributed by atoms with E-state index in [-0.39, 0.29) is 11.7 Å². The maximum absolute atomic E-state index is 11.0. The first-order valence-electron chi connectivity index (χ1n) is 5.31. The molecule has 2 rings (SSSR count). The van der Waals surface area contributed by atoms with E-state index >= 15 is 0 Å². The van der Waals surface area contributed by atoms with Gasteiger partial charge < -0.3 is 19.9 Å². The van der Waals surface area contributed by atoms with Crippen molar-refractivity contribution in [2.45, 2.75) is 13.0 Å². The summed E-state index contributed by atoms with van der Waals surface area (Å²) in [5.74, 6) is -0.959. The first-order valence-corrected chi connectivity index (χ1v) is 6.08. The van der Waals surface area contributed by atoms with Gasteiger partial charge in [-0.1, -0.05) is 0 Å². The lowest BCUT2D eigenvalue weighted by Crippen LogP contribution is -2.34. The number of carboxylic acids is 1. The number of ether oxygens (including phenoxy) is 2. The first kappa shape index (κ1) is 12.3. The summed E-state index contributed by atoms with van der Waals surface area (Å²) in [6.07, 6.45) is -0.0344. The number of rotatable bonds is 4. The van der Waals surface area contributed by atoms with Crippen LogP contribution >= 0.6 is 11.5 Å². The molecular formula is C10H14N2O4S. The van der Waals surface area contributed by atoms with E-state index in [2.05, 4.69) is 9.69 Å². The number of nitrogens with one attached hydrogen (secondary N) is 1. The van der Waals surface area contributed by atoms with E-state index in [0.717, 1.165) is 11.5 Å². The Bertz CT molecular complexity index is 401.